The predicted octanol–water partition coefficient (Wildman–Crippen LogP) is 3.76. The molecule has 2 aromatic heterocycles. The van der Waals surface area contributed by atoms with Gasteiger partial charge in [-0.3, -0.25) is 9.88 Å². The molecule has 3 heterocycles. The quantitative estimate of drug-likeness (QED) is 0.601. The molecule has 1 aromatic carbocycles. The number of nitrogens with zero attached hydrogens (tertiary/aromatic N) is 5. The van der Waals surface area contributed by atoms with E-state index in [1.807, 2.05) is 73.9 Å². The van der Waals surface area contributed by atoms with Gasteiger partial charge in [0.2, 0.25) is 5.95 Å². The molecule has 0 saturated carbocycles. The molecule has 1 atom stereocenters. The lowest BCUT2D eigenvalue weighted by Crippen LogP contribution is -2.38. The number of hydrogen-bond acceptors (Lipinski definition) is 6. The van der Waals surface area contributed by atoms with Gasteiger partial charge in [0.1, 0.15) is 6.10 Å². The van der Waals surface area contributed by atoms with Gasteiger partial charge in [0.15, 0.2) is 0 Å². The van der Waals surface area contributed by atoms with E-state index in [-0.39, 0.29) is 6.10 Å². The lowest BCUT2D eigenvalue weighted by molar-refractivity contribution is -0.0351. The van der Waals surface area contributed by atoms with Crippen molar-refractivity contribution in [2.45, 2.75) is 19.1 Å². The van der Waals surface area contributed by atoms with Crippen LogP contribution in [0.5, 0.6) is 0 Å². The van der Waals surface area contributed by atoms with Crippen LogP contribution in [0.15, 0.2) is 54.9 Å². The van der Waals surface area contributed by atoms with Gasteiger partial charge in [0.05, 0.1) is 12.3 Å². The highest BCUT2D eigenvalue weighted by molar-refractivity contribution is 6.31. The summed E-state index contributed by atoms with van der Waals surface area (Å²) in [5.41, 5.74) is 4.13. The summed E-state index contributed by atoms with van der Waals surface area (Å²) in [6, 6.07) is 14.0. The third kappa shape index (κ3) is 5.14. The molecule has 1 fully saturated rings. The minimum absolute atomic E-state index is 0.0492. The summed E-state index contributed by atoms with van der Waals surface area (Å²) < 4.78 is 6.04. The van der Waals surface area contributed by atoms with Crippen LogP contribution in [0.1, 0.15) is 28.6 Å². The van der Waals surface area contributed by atoms with E-state index in [4.69, 9.17) is 21.3 Å². The van der Waals surface area contributed by atoms with Crippen LogP contribution in [0.4, 0.5) is 5.95 Å². The molecular weight excluding hydrogens is 398 g/mol. The Bertz CT molecular complexity index is 979. The Morgan fingerprint density at radius 2 is 1.90 bits per heavy atom. The fourth-order valence-corrected chi connectivity index (χ4v) is 3.76. The molecule has 1 aliphatic rings. The normalized spacial score (nSPS) is 17.1. The van der Waals surface area contributed by atoms with Crippen LogP contribution in [0, 0.1) is 0 Å². The van der Waals surface area contributed by atoms with E-state index < -0.39 is 0 Å². The van der Waals surface area contributed by atoms with Crippen molar-refractivity contribution < 1.29 is 4.74 Å². The molecule has 1 aliphatic heterocycles. The number of anilines is 1. The number of aromatic nitrogens is 3. The maximum absolute atomic E-state index is 6.31. The van der Waals surface area contributed by atoms with Crippen LogP contribution in [-0.2, 0) is 17.7 Å². The molecular formula is C23H26ClN5O. The van der Waals surface area contributed by atoms with Gasteiger partial charge in [0.25, 0.3) is 0 Å². The average Bonchev–Trinajstić information content (AvgIpc) is 2.76. The van der Waals surface area contributed by atoms with Crippen LogP contribution >= 0.6 is 11.6 Å². The minimum Gasteiger partial charge on any atom is -0.369 e. The summed E-state index contributed by atoms with van der Waals surface area (Å²) in [6.45, 7) is 3.15. The highest BCUT2D eigenvalue weighted by Crippen LogP contribution is 2.24. The molecule has 7 heteroatoms. The fourth-order valence-electron chi connectivity index (χ4n) is 3.56. The van der Waals surface area contributed by atoms with E-state index in [1.165, 1.54) is 0 Å². The molecule has 0 bridgehead atoms. The van der Waals surface area contributed by atoms with Crippen molar-refractivity contribution >= 4 is 17.5 Å². The monoisotopic (exact) mass is 423 g/mol. The smallest absolute Gasteiger partial charge is 0.224 e. The third-order valence-electron chi connectivity index (χ3n) is 5.14. The Hall–Kier alpha value is -2.54. The highest BCUT2D eigenvalue weighted by Gasteiger charge is 2.23. The van der Waals surface area contributed by atoms with Gasteiger partial charge in [-0.05, 0) is 23.8 Å². The van der Waals surface area contributed by atoms with Crippen molar-refractivity contribution in [3.63, 3.8) is 0 Å². The second kappa shape index (κ2) is 9.51. The molecule has 30 heavy (non-hydrogen) atoms. The second-order valence-corrected chi connectivity index (χ2v) is 8.11. The Balaban J connectivity index is 1.42. The summed E-state index contributed by atoms with van der Waals surface area (Å²) in [5, 5.41) is 0.771. The van der Waals surface area contributed by atoms with Crippen molar-refractivity contribution in [1.29, 1.82) is 0 Å². The van der Waals surface area contributed by atoms with E-state index in [0.717, 1.165) is 53.1 Å². The Labute approximate surface area is 182 Å². The van der Waals surface area contributed by atoms with Gasteiger partial charge in [-0.1, -0.05) is 35.9 Å². The maximum atomic E-state index is 6.31. The first kappa shape index (κ1) is 20.7. The van der Waals surface area contributed by atoms with Crippen molar-refractivity contribution in [2.24, 2.45) is 0 Å². The second-order valence-electron chi connectivity index (χ2n) is 7.70. The zero-order valence-electron chi connectivity index (χ0n) is 17.3. The average molecular weight is 424 g/mol. The van der Waals surface area contributed by atoms with Crippen molar-refractivity contribution in [3.8, 4) is 0 Å². The van der Waals surface area contributed by atoms with Gasteiger partial charge < -0.3 is 9.64 Å². The van der Waals surface area contributed by atoms with Crippen LogP contribution < -0.4 is 4.90 Å². The first-order valence-corrected chi connectivity index (χ1v) is 10.5. The Morgan fingerprint density at radius 1 is 1.10 bits per heavy atom. The summed E-state index contributed by atoms with van der Waals surface area (Å²) in [7, 11) is 3.88. The molecule has 6 nitrogen and oxygen atoms in total. The fraction of sp³-hybridized carbons (Fsp3) is 0.348. The van der Waals surface area contributed by atoms with E-state index >= 15 is 0 Å². The van der Waals surface area contributed by atoms with E-state index in [9.17, 15) is 0 Å². The lowest BCUT2D eigenvalue weighted by Gasteiger charge is -2.32. The van der Waals surface area contributed by atoms with Gasteiger partial charge in [-0.25, -0.2) is 9.97 Å². The zero-order valence-corrected chi connectivity index (χ0v) is 18.1. The third-order valence-corrected chi connectivity index (χ3v) is 5.50. The molecule has 0 aliphatic carbocycles. The summed E-state index contributed by atoms with van der Waals surface area (Å²) in [4.78, 5) is 18.0. The standard InChI is InChI=1S/C23H26ClN5O/c1-28(2)23-25-13-17(14-26-23)15-29-10-11-30-22(16-29)21-9-5-7-19(27-21)12-18-6-3-4-8-20(18)24/h3-9,13-14,22H,10-12,15-16H2,1-2H3. The summed E-state index contributed by atoms with van der Waals surface area (Å²) in [6.07, 6.45) is 4.45. The highest BCUT2D eigenvalue weighted by atomic mass is 35.5. The van der Waals surface area contributed by atoms with Crippen LogP contribution in [0.3, 0.4) is 0 Å². The van der Waals surface area contributed by atoms with E-state index in [1.54, 1.807) is 0 Å². The van der Waals surface area contributed by atoms with Gasteiger partial charge in [-0.2, -0.15) is 0 Å². The zero-order chi connectivity index (χ0) is 20.9. The van der Waals surface area contributed by atoms with Crippen LogP contribution in [0.2, 0.25) is 5.02 Å². The molecule has 0 N–H and O–H groups in total. The Morgan fingerprint density at radius 3 is 2.67 bits per heavy atom. The van der Waals surface area contributed by atoms with Gasteiger partial charge in [0, 0.05) is 68.8 Å². The number of pyridine rings is 1. The Kier molecular flexibility index (Phi) is 6.57. The molecule has 156 valence electrons. The van der Waals surface area contributed by atoms with Gasteiger partial charge >= 0.3 is 0 Å². The number of halogens is 1. The minimum atomic E-state index is -0.0492. The topological polar surface area (TPSA) is 54.4 Å². The van der Waals surface area contributed by atoms with Crippen molar-refractivity contribution in [3.05, 3.63) is 82.4 Å². The SMILES string of the molecule is CN(C)c1ncc(CN2CCOC(c3cccc(Cc4ccccc4Cl)n3)C2)cn1. The first-order valence-electron chi connectivity index (χ1n) is 10.1. The molecule has 1 saturated heterocycles. The number of rotatable bonds is 6. The number of morpholine rings is 1. The van der Waals surface area contributed by atoms with Crippen LogP contribution in [0.25, 0.3) is 0 Å². The lowest BCUT2D eigenvalue weighted by atomic mass is 10.1. The van der Waals surface area contributed by atoms with E-state index in [0.29, 0.717) is 13.0 Å². The van der Waals surface area contributed by atoms with E-state index in [2.05, 4.69) is 14.9 Å². The maximum Gasteiger partial charge on any atom is 0.224 e. The molecule has 0 radical (unpaired) electrons. The summed E-state index contributed by atoms with van der Waals surface area (Å²) >= 11 is 6.31. The number of ether oxygens (including phenoxy) is 1. The molecule has 1 unspecified atom stereocenters. The first-order chi connectivity index (χ1) is 14.6. The van der Waals surface area contributed by atoms with Gasteiger partial charge in [-0.15, -0.1) is 0 Å². The number of benzene rings is 1. The molecule has 3 aromatic rings. The molecule has 0 amide bonds. The number of hydrogen-bond donors (Lipinski definition) is 0. The largest absolute Gasteiger partial charge is 0.369 e. The molecule has 4 rings (SSSR count). The van der Waals surface area contributed by atoms with Crippen molar-refractivity contribution in [2.75, 3.05) is 38.7 Å². The molecule has 0 spiro atoms. The van der Waals surface area contributed by atoms with Crippen LogP contribution in [-0.4, -0.2) is 53.6 Å². The summed E-state index contributed by atoms with van der Waals surface area (Å²) in [5.74, 6) is 0.720. The van der Waals surface area contributed by atoms with Crippen molar-refractivity contribution in [1.82, 2.24) is 19.9 Å². The predicted molar refractivity (Wildman–Crippen MR) is 119 cm³/mol.